The van der Waals surface area contributed by atoms with Crippen LogP contribution in [0.1, 0.15) is 252 Å². The SMILES string of the molecule is CC/C=C\C/C=C\C/C=C\C/C=C\C/C=C\CCCC(=O)OCC(COC(=O)CCCCCCCCCCCCCCCC)OC(=O)CCCCC/C=C\CCCCCCCCC. The van der Waals surface area contributed by atoms with Crippen LogP contribution in [-0.2, 0) is 28.6 Å². The minimum absolute atomic E-state index is 0.0972. The second-order valence-corrected chi connectivity index (χ2v) is 17.4. The van der Waals surface area contributed by atoms with Crippen LogP contribution in [0.25, 0.3) is 0 Å². The highest BCUT2D eigenvalue weighted by molar-refractivity contribution is 5.71. The van der Waals surface area contributed by atoms with Crippen molar-refractivity contribution in [1.29, 1.82) is 0 Å². The van der Waals surface area contributed by atoms with E-state index in [1.807, 2.05) is 0 Å². The van der Waals surface area contributed by atoms with Gasteiger partial charge in [-0.1, -0.05) is 222 Å². The zero-order chi connectivity index (χ0) is 45.8. The quantitative estimate of drug-likeness (QED) is 0.0262. The second kappa shape index (κ2) is 51.5. The summed E-state index contributed by atoms with van der Waals surface area (Å²) in [5.41, 5.74) is 0. The Kier molecular flexibility index (Phi) is 48.9. The molecule has 0 amide bonds. The van der Waals surface area contributed by atoms with Crippen molar-refractivity contribution in [3.8, 4) is 0 Å². The monoisotopic (exact) mass is 879 g/mol. The van der Waals surface area contributed by atoms with Gasteiger partial charge in [0.25, 0.3) is 0 Å². The van der Waals surface area contributed by atoms with Gasteiger partial charge < -0.3 is 14.2 Å². The van der Waals surface area contributed by atoms with E-state index in [4.69, 9.17) is 14.2 Å². The molecular formula is C57H98O6. The molecule has 0 aromatic rings. The van der Waals surface area contributed by atoms with Crippen LogP contribution < -0.4 is 0 Å². The average molecular weight is 879 g/mol. The molecule has 63 heavy (non-hydrogen) atoms. The van der Waals surface area contributed by atoms with E-state index in [1.165, 1.54) is 116 Å². The van der Waals surface area contributed by atoms with Crippen molar-refractivity contribution >= 4 is 17.9 Å². The van der Waals surface area contributed by atoms with Gasteiger partial charge in [-0.2, -0.15) is 0 Å². The molecular weight excluding hydrogens is 781 g/mol. The summed E-state index contributed by atoms with van der Waals surface area (Å²) >= 11 is 0. The maximum atomic E-state index is 12.8. The van der Waals surface area contributed by atoms with Crippen LogP contribution in [0.4, 0.5) is 0 Å². The molecule has 0 radical (unpaired) electrons. The van der Waals surface area contributed by atoms with Gasteiger partial charge >= 0.3 is 17.9 Å². The highest BCUT2D eigenvalue weighted by Gasteiger charge is 2.19. The topological polar surface area (TPSA) is 78.9 Å². The molecule has 0 aliphatic rings. The van der Waals surface area contributed by atoms with Crippen molar-refractivity contribution in [3.63, 3.8) is 0 Å². The molecule has 6 nitrogen and oxygen atoms in total. The van der Waals surface area contributed by atoms with Gasteiger partial charge in [0.2, 0.25) is 0 Å². The molecule has 0 heterocycles. The van der Waals surface area contributed by atoms with E-state index in [0.717, 1.165) is 89.9 Å². The summed E-state index contributed by atoms with van der Waals surface area (Å²) in [7, 11) is 0. The summed E-state index contributed by atoms with van der Waals surface area (Å²) in [6, 6.07) is 0. The highest BCUT2D eigenvalue weighted by Crippen LogP contribution is 2.15. The van der Waals surface area contributed by atoms with Gasteiger partial charge in [0.05, 0.1) is 0 Å². The number of hydrogen-bond donors (Lipinski definition) is 0. The fourth-order valence-electron chi connectivity index (χ4n) is 7.24. The van der Waals surface area contributed by atoms with E-state index in [9.17, 15) is 14.4 Å². The summed E-state index contributed by atoms with van der Waals surface area (Å²) in [5, 5.41) is 0. The molecule has 0 spiro atoms. The highest BCUT2D eigenvalue weighted by atomic mass is 16.6. The maximum absolute atomic E-state index is 12.8. The van der Waals surface area contributed by atoms with Gasteiger partial charge in [-0.15, -0.1) is 0 Å². The lowest BCUT2D eigenvalue weighted by Crippen LogP contribution is -2.30. The van der Waals surface area contributed by atoms with E-state index < -0.39 is 6.10 Å². The van der Waals surface area contributed by atoms with Crippen molar-refractivity contribution in [2.45, 2.75) is 258 Å². The Morgan fingerprint density at radius 3 is 1.06 bits per heavy atom. The minimum atomic E-state index is -0.803. The number of rotatable bonds is 47. The smallest absolute Gasteiger partial charge is 0.306 e. The Labute approximate surface area is 389 Å². The van der Waals surface area contributed by atoms with Crippen molar-refractivity contribution in [2.75, 3.05) is 13.2 Å². The molecule has 0 fully saturated rings. The van der Waals surface area contributed by atoms with Crippen LogP contribution in [0, 0.1) is 0 Å². The maximum Gasteiger partial charge on any atom is 0.306 e. The van der Waals surface area contributed by atoms with Crippen LogP contribution in [0.2, 0.25) is 0 Å². The summed E-state index contributed by atoms with van der Waals surface area (Å²) in [5.74, 6) is -0.970. The van der Waals surface area contributed by atoms with Crippen LogP contribution >= 0.6 is 0 Å². The first-order valence-electron chi connectivity index (χ1n) is 26.4. The van der Waals surface area contributed by atoms with Gasteiger partial charge in [-0.3, -0.25) is 14.4 Å². The summed E-state index contributed by atoms with van der Waals surface area (Å²) in [6.45, 7) is 6.47. The van der Waals surface area contributed by atoms with E-state index in [-0.39, 0.29) is 37.5 Å². The zero-order valence-corrected chi connectivity index (χ0v) is 41.3. The van der Waals surface area contributed by atoms with E-state index >= 15 is 0 Å². The van der Waals surface area contributed by atoms with Gasteiger partial charge in [-0.25, -0.2) is 0 Å². The molecule has 1 atom stereocenters. The van der Waals surface area contributed by atoms with Gasteiger partial charge in [0.1, 0.15) is 13.2 Å². The fraction of sp³-hybridized carbons (Fsp3) is 0.737. The Bertz CT molecular complexity index is 1190. The first kappa shape index (κ1) is 59.9. The Morgan fingerprint density at radius 1 is 0.333 bits per heavy atom. The van der Waals surface area contributed by atoms with E-state index in [1.54, 1.807) is 0 Å². The van der Waals surface area contributed by atoms with Crippen molar-refractivity contribution in [1.82, 2.24) is 0 Å². The Hall–Kier alpha value is -3.15. The predicted molar refractivity (Wildman–Crippen MR) is 270 cm³/mol. The third-order valence-electron chi connectivity index (χ3n) is 11.2. The van der Waals surface area contributed by atoms with Gasteiger partial charge in [0, 0.05) is 19.3 Å². The molecule has 0 aromatic carbocycles. The molecule has 0 rings (SSSR count). The molecule has 0 aliphatic carbocycles. The summed E-state index contributed by atoms with van der Waals surface area (Å²) in [6.07, 6.45) is 64.6. The second-order valence-electron chi connectivity index (χ2n) is 17.4. The Morgan fingerprint density at radius 2 is 0.635 bits per heavy atom. The standard InChI is InChI=1S/C57H98O6/c1-4-7-10-13-16-19-22-25-28-29-30-33-35-38-41-44-47-50-56(59)62-53-54(63-57(60)51-48-45-42-39-36-32-27-24-21-18-15-12-9-6-3)52-61-55(58)49-46-43-40-37-34-31-26-23-20-17-14-11-8-5-2/h7,10,16,19,25,28,30,32-33,36,38,41,54H,4-6,8-9,11-15,17-18,20-24,26-27,29,31,34-35,37,39-40,42-53H2,1-3H3/b10-7-,19-16-,28-25-,33-30-,36-32-,41-38-. The summed E-state index contributed by atoms with van der Waals surface area (Å²) in [4.78, 5) is 38.0. The minimum Gasteiger partial charge on any atom is -0.462 e. The molecule has 6 heteroatoms. The lowest BCUT2D eigenvalue weighted by Gasteiger charge is -2.18. The molecule has 362 valence electrons. The van der Waals surface area contributed by atoms with Crippen LogP contribution in [0.3, 0.4) is 0 Å². The molecule has 0 saturated carbocycles. The average Bonchev–Trinajstić information content (AvgIpc) is 3.28. The fourth-order valence-corrected chi connectivity index (χ4v) is 7.24. The number of carbonyl (C=O) groups is 3. The summed E-state index contributed by atoms with van der Waals surface area (Å²) < 4.78 is 16.7. The number of esters is 3. The largest absolute Gasteiger partial charge is 0.462 e. The van der Waals surface area contributed by atoms with Crippen LogP contribution in [0.5, 0.6) is 0 Å². The molecule has 0 aromatic heterocycles. The van der Waals surface area contributed by atoms with Gasteiger partial charge in [0.15, 0.2) is 6.10 Å². The predicted octanol–water partition coefficient (Wildman–Crippen LogP) is 17.4. The van der Waals surface area contributed by atoms with Crippen molar-refractivity contribution < 1.29 is 28.6 Å². The number of allylic oxidation sites excluding steroid dienone is 12. The molecule has 0 N–H and O–H groups in total. The number of carbonyl (C=O) groups excluding carboxylic acids is 3. The van der Waals surface area contributed by atoms with Crippen LogP contribution in [-0.4, -0.2) is 37.2 Å². The van der Waals surface area contributed by atoms with E-state index in [0.29, 0.717) is 19.3 Å². The molecule has 0 aliphatic heterocycles. The first-order chi connectivity index (χ1) is 31.0. The van der Waals surface area contributed by atoms with Gasteiger partial charge in [-0.05, 0) is 83.5 Å². The third-order valence-corrected chi connectivity index (χ3v) is 11.2. The first-order valence-corrected chi connectivity index (χ1v) is 26.4. The van der Waals surface area contributed by atoms with Crippen molar-refractivity contribution in [3.05, 3.63) is 72.9 Å². The normalized spacial score (nSPS) is 12.6. The van der Waals surface area contributed by atoms with Crippen LogP contribution in [0.15, 0.2) is 72.9 Å². The molecule has 1 unspecified atom stereocenters. The van der Waals surface area contributed by atoms with E-state index in [2.05, 4.69) is 93.7 Å². The molecule has 0 bridgehead atoms. The molecule has 0 saturated heterocycles. The third kappa shape index (κ3) is 49.7. The Balaban J connectivity index is 4.48. The zero-order valence-electron chi connectivity index (χ0n) is 41.3. The lowest BCUT2D eigenvalue weighted by atomic mass is 10.0. The number of unbranched alkanes of at least 4 members (excludes halogenated alkanes) is 24. The number of ether oxygens (including phenoxy) is 3. The van der Waals surface area contributed by atoms with Crippen molar-refractivity contribution in [2.24, 2.45) is 0 Å². The number of hydrogen-bond acceptors (Lipinski definition) is 6. The lowest BCUT2D eigenvalue weighted by molar-refractivity contribution is -0.167.